The van der Waals surface area contributed by atoms with Gasteiger partial charge < -0.3 is 0 Å². The van der Waals surface area contributed by atoms with E-state index in [-0.39, 0.29) is 0 Å². The molecular weight excluding hydrogens is 617 g/mol. The van der Waals surface area contributed by atoms with Gasteiger partial charge in [-0.05, 0) is 0 Å². The molecule has 1 aliphatic carbocycles. The van der Waals surface area contributed by atoms with Crippen molar-refractivity contribution in [3.63, 3.8) is 0 Å². The number of benzene rings is 2. The third kappa shape index (κ3) is 8.85. The van der Waals surface area contributed by atoms with Gasteiger partial charge in [-0.25, -0.2) is 0 Å². The summed E-state index contributed by atoms with van der Waals surface area (Å²) in [4.78, 5) is 2.98. The third-order valence-electron chi connectivity index (χ3n) is 10.3. The summed E-state index contributed by atoms with van der Waals surface area (Å²) < 4.78 is 6.65. The molecule has 3 atom stereocenters. The topological polar surface area (TPSA) is 3.24 Å². The third-order valence-corrected chi connectivity index (χ3v) is 27.6. The van der Waals surface area contributed by atoms with E-state index in [0.29, 0.717) is 12.1 Å². The van der Waals surface area contributed by atoms with Crippen LogP contribution in [0, 0.1) is 11.8 Å². The van der Waals surface area contributed by atoms with Crippen LogP contribution in [0.2, 0.25) is 37.4 Å². The van der Waals surface area contributed by atoms with Crippen LogP contribution in [0.5, 0.6) is 0 Å². The van der Waals surface area contributed by atoms with E-state index in [1.54, 1.807) is 17.7 Å². The van der Waals surface area contributed by atoms with Gasteiger partial charge in [0.05, 0.1) is 0 Å². The average molecular weight is 679 g/mol. The second-order valence-corrected chi connectivity index (χ2v) is 33.8. The summed E-state index contributed by atoms with van der Waals surface area (Å²) in [5, 5.41) is 0. The van der Waals surface area contributed by atoms with Gasteiger partial charge in [0, 0.05) is 0 Å². The van der Waals surface area contributed by atoms with Gasteiger partial charge in [-0.15, -0.1) is 0 Å². The molecule has 1 saturated carbocycles. The van der Waals surface area contributed by atoms with Gasteiger partial charge in [0.1, 0.15) is 0 Å². The van der Waals surface area contributed by atoms with Crippen LogP contribution in [-0.2, 0) is 0 Å². The number of unbranched alkanes of at least 4 members (excludes halogenated alkanes) is 3. The van der Waals surface area contributed by atoms with E-state index >= 15 is 0 Å². The van der Waals surface area contributed by atoms with E-state index in [2.05, 4.69) is 112 Å². The average Bonchev–Trinajstić information content (AvgIpc) is 3.32. The van der Waals surface area contributed by atoms with Gasteiger partial charge >= 0.3 is 261 Å². The zero-order valence-corrected chi connectivity index (χ0v) is 31.4. The SMILES string of the molecule is CCC[CH2][Sn]([CH2]CCC)([CH2]CCC)[CH2][C@@H]1CCC[C@H]2[C@@H]1/C(=C\[Si](C)(C)C)CN2C(c1ccccc1)c1ccccc1. The quantitative estimate of drug-likeness (QED) is 0.170. The second kappa shape index (κ2) is 15.8. The number of rotatable bonds is 15. The number of nitrogens with zero attached hydrogens (tertiary/aromatic N) is 1. The summed E-state index contributed by atoms with van der Waals surface area (Å²) in [5.41, 5.74) is 7.64. The Bertz CT molecular complexity index is 997. The van der Waals surface area contributed by atoms with Crippen LogP contribution in [0.15, 0.2) is 71.9 Å². The Labute approximate surface area is 259 Å². The minimum atomic E-state index is -2.25. The summed E-state index contributed by atoms with van der Waals surface area (Å²) in [6.07, 6.45) is 12.9. The second-order valence-electron chi connectivity index (χ2n) is 14.8. The zero-order chi connectivity index (χ0) is 29.3. The van der Waals surface area contributed by atoms with E-state index in [4.69, 9.17) is 0 Å². The molecule has 0 radical (unpaired) electrons. The van der Waals surface area contributed by atoms with Crippen LogP contribution in [0.25, 0.3) is 0 Å². The predicted molar refractivity (Wildman–Crippen MR) is 187 cm³/mol. The standard InChI is InChI=1S/C26H34NSi.3C4H9.Sn/c1-20-12-11-17-24-25(20)23(19-28(2,3)4)18-27(24)26(21-13-7-5-8-14-21)22-15-9-6-10-16-22;3*1-3-4-2;/h5-10,13-16,19-20,24-26H,1,11-12,17-18H2,2-4H3;3*1,3-4H2,2H3;/b23-19-;;;;/t20-,24+,25+;;;;/m1..../s1. The molecule has 1 aliphatic heterocycles. The summed E-state index contributed by atoms with van der Waals surface area (Å²) in [7, 11) is -1.34. The maximum absolute atomic E-state index is 2.98. The molecule has 1 nitrogen and oxygen atoms in total. The van der Waals surface area contributed by atoms with Crippen LogP contribution in [0.3, 0.4) is 0 Å². The molecule has 2 aromatic carbocycles. The van der Waals surface area contributed by atoms with Gasteiger partial charge in [-0.3, -0.25) is 0 Å². The molecule has 2 aliphatic rings. The Balaban J connectivity index is 1.75. The number of hydrogen-bond donors (Lipinski definition) is 0. The van der Waals surface area contributed by atoms with E-state index < -0.39 is 26.5 Å². The molecular formula is C38H61NSiSn. The van der Waals surface area contributed by atoms with Gasteiger partial charge in [0.2, 0.25) is 0 Å². The van der Waals surface area contributed by atoms with Crippen molar-refractivity contribution >= 4 is 26.5 Å². The molecule has 4 rings (SSSR count). The fourth-order valence-electron chi connectivity index (χ4n) is 8.57. The molecule has 0 aromatic heterocycles. The van der Waals surface area contributed by atoms with Crippen molar-refractivity contribution in [3.05, 3.63) is 83.1 Å². The summed E-state index contributed by atoms with van der Waals surface area (Å²) in [6.45, 7) is 16.2. The van der Waals surface area contributed by atoms with Crippen molar-refractivity contribution in [1.29, 1.82) is 0 Å². The van der Waals surface area contributed by atoms with E-state index in [1.807, 2.05) is 5.57 Å². The van der Waals surface area contributed by atoms with Crippen molar-refractivity contribution in [3.8, 4) is 0 Å². The molecule has 0 N–H and O–H groups in total. The maximum atomic E-state index is 2.98. The van der Waals surface area contributed by atoms with E-state index in [9.17, 15) is 0 Å². The zero-order valence-electron chi connectivity index (χ0n) is 27.5. The molecule has 2 aromatic rings. The van der Waals surface area contributed by atoms with Gasteiger partial charge in [0.25, 0.3) is 0 Å². The fraction of sp³-hybridized carbons (Fsp3) is 0.632. The van der Waals surface area contributed by atoms with Gasteiger partial charge in [-0.2, -0.15) is 0 Å². The van der Waals surface area contributed by atoms with E-state index in [0.717, 1.165) is 11.8 Å². The van der Waals surface area contributed by atoms with Crippen LogP contribution < -0.4 is 0 Å². The normalized spacial score (nSPS) is 22.9. The molecule has 41 heavy (non-hydrogen) atoms. The van der Waals surface area contributed by atoms with Crippen molar-refractivity contribution in [2.24, 2.45) is 11.8 Å². The Morgan fingerprint density at radius 3 is 1.76 bits per heavy atom. The molecule has 0 unspecified atom stereocenters. The number of hydrogen-bond acceptors (Lipinski definition) is 1. The molecule has 3 heteroatoms. The molecule has 0 amide bonds. The summed E-state index contributed by atoms with van der Waals surface area (Å²) >= 11 is -2.25. The Kier molecular flexibility index (Phi) is 12.7. The van der Waals surface area contributed by atoms with Crippen molar-refractivity contribution in [1.82, 2.24) is 4.90 Å². The Morgan fingerprint density at radius 1 is 0.780 bits per heavy atom. The number of fused-ring (bicyclic) bond motifs is 1. The van der Waals surface area contributed by atoms with Gasteiger partial charge in [-0.1, -0.05) is 0 Å². The molecule has 0 bridgehead atoms. The first-order valence-corrected chi connectivity index (χ1v) is 29.0. The molecule has 226 valence electrons. The first-order valence-electron chi connectivity index (χ1n) is 17.4. The fourth-order valence-corrected chi connectivity index (χ4v) is 27.8. The first kappa shape index (κ1) is 33.1. The summed E-state index contributed by atoms with van der Waals surface area (Å²) in [6, 6.07) is 23.9. The van der Waals surface area contributed by atoms with Crippen molar-refractivity contribution in [2.45, 2.75) is 128 Å². The Hall–Kier alpha value is -0.844. The van der Waals surface area contributed by atoms with Crippen LogP contribution in [0.1, 0.15) is 95.7 Å². The molecule has 1 saturated heterocycles. The van der Waals surface area contributed by atoms with Crippen molar-refractivity contribution in [2.75, 3.05) is 6.54 Å². The molecule has 1 heterocycles. The van der Waals surface area contributed by atoms with Crippen LogP contribution in [-0.4, -0.2) is 43.9 Å². The van der Waals surface area contributed by atoms with E-state index in [1.165, 1.54) is 75.5 Å². The van der Waals surface area contributed by atoms with Gasteiger partial charge in [0.15, 0.2) is 0 Å². The predicted octanol–water partition coefficient (Wildman–Crippen LogP) is 11.5. The summed E-state index contributed by atoms with van der Waals surface area (Å²) in [5.74, 6) is 1.71. The molecule has 2 fully saturated rings. The number of likely N-dealkylation sites (tertiary alicyclic amines) is 1. The Morgan fingerprint density at radius 2 is 1.29 bits per heavy atom. The van der Waals surface area contributed by atoms with Crippen LogP contribution in [0.4, 0.5) is 0 Å². The first-order chi connectivity index (χ1) is 19.8. The monoisotopic (exact) mass is 679 g/mol. The molecule has 0 spiro atoms. The minimum absolute atomic E-state index is 0.352. The van der Waals surface area contributed by atoms with Crippen LogP contribution >= 0.6 is 0 Å². The van der Waals surface area contributed by atoms with Crippen molar-refractivity contribution < 1.29 is 0 Å².